The quantitative estimate of drug-likeness (QED) is 0.845. The van der Waals surface area contributed by atoms with Crippen LogP contribution >= 0.6 is 0 Å². The summed E-state index contributed by atoms with van der Waals surface area (Å²) in [5.41, 5.74) is 2.57. The second-order valence-electron chi connectivity index (χ2n) is 6.37. The van der Waals surface area contributed by atoms with Crippen LogP contribution in [-0.4, -0.2) is 55.0 Å². The minimum absolute atomic E-state index is 0.0654. The zero-order chi connectivity index (χ0) is 16.2. The molecule has 0 bridgehead atoms. The molecule has 1 aromatic carbocycles. The van der Waals surface area contributed by atoms with Gasteiger partial charge < -0.3 is 14.5 Å². The average Bonchev–Trinajstić information content (AvgIpc) is 2.80. The van der Waals surface area contributed by atoms with Crippen LogP contribution in [0.3, 0.4) is 0 Å². The van der Waals surface area contributed by atoms with Crippen LogP contribution in [0.4, 0.5) is 0 Å². The summed E-state index contributed by atoms with van der Waals surface area (Å²) in [4.78, 5) is 28.6. The van der Waals surface area contributed by atoms with Crippen LogP contribution in [0.25, 0.3) is 0 Å². The number of nitrogens with zero attached hydrogens (tertiary/aromatic N) is 2. The molecule has 5 heteroatoms. The molecule has 1 fully saturated rings. The maximum Gasteiger partial charge on any atom is 0.228 e. The highest BCUT2D eigenvalue weighted by atomic mass is 16.5. The molecule has 2 amide bonds. The monoisotopic (exact) mass is 316 g/mol. The summed E-state index contributed by atoms with van der Waals surface area (Å²) in [6.07, 6.45) is 2.33. The number of carbonyl (C=O) groups excluding carboxylic acids is 2. The molecule has 0 aliphatic carbocycles. The van der Waals surface area contributed by atoms with Crippen LogP contribution in [0.15, 0.2) is 24.3 Å². The fourth-order valence-corrected chi connectivity index (χ4v) is 3.50. The number of carbonyl (C=O) groups is 2. The summed E-state index contributed by atoms with van der Waals surface area (Å²) in [5.74, 6) is -0.0183. The summed E-state index contributed by atoms with van der Waals surface area (Å²) in [7, 11) is 1.62. The van der Waals surface area contributed by atoms with E-state index in [0.29, 0.717) is 32.7 Å². The van der Waals surface area contributed by atoms with Crippen molar-refractivity contribution in [2.75, 3.05) is 33.4 Å². The molecule has 1 unspecified atom stereocenters. The molecule has 23 heavy (non-hydrogen) atoms. The highest BCUT2D eigenvalue weighted by Crippen LogP contribution is 2.24. The van der Waals surface area contributed by atoms with Gasteiger partial charge in [-0.15, -0.1) is 0 Å². The summed E-state index contributed by atoms with van der Waals surface area (Å²) in [6, 6.07) is 8.33. The van der Waals surface area contributed by atoms with Crippen LogP contribution < -0.4 is 0 Å². The Labute approximate surface area is 137 Å². The van der Waals surface area contributed by atoms with Crippen molar-refractivity contribution in [3.8, 4) is 0 Å². The van der Waals surface area contributed by atoms with Crippen molar-refractivity contribution in [2.45, 2.75) is 25.8 Å². The molecule has 1 saturated heterocycles. The van der Waals surface area contributed by atoms with Crippen LogP contribution in [0, 0.1) is 5.92 Å². The first-order chi connectivity index (χ1) is 11.2. The molecule has 2 heterocycles. The van der Waals surface area contributed by atoms with Gasteiger partial charge in [0.1, 0.15) is 0 Å². The van der Waals surface area contributed by atoms with Gasteiger partial charge in [0.25, 0.3) is 0 Å². The lowest BCUT2D eigenvalue weighted by molar-refractivity contribution is -0.136. The lowest BCUT2D eigenvalue weighted by Gasteiger charge is -2.24. The smallest absolute Gasteiger partial charge is 0.228 e. The van der Waals surface area contributed by atoms with E-state index in [1.165, 1.54) is 11.1 Å². The maximum absolute atomic E-state index is 12.8. The Kier molecular flexibility index (Phi) is 4.96. The summed E-state index contributed by atoms with van der Waals surface area (Å²) < 4.78 is 5.03. The highest BCUT2D eigenvalue weighted by molar-refractivity contribution is 5.89. The number of amides is 2. The molecule has 5 nitrogen and oxygen atoms in total. The fraction of sp³-hybridized carbons (Fsp3) is 0.556. The lowest BCUT2D eigenvalue weighted by atomic mass is 10.0. The largest absolute Gasteiger partial charge is 0.383 e. The van der Waals surface area contributed by atoms with Gasteiger partial charge in [0, 0.05) is 39.7 Å². The summed E-state index contributed by atoms with van der Waals surface area (Å²) >= 11 is 0. The number of aryl methyl sites for hydroxylation is 1. The maximum atomic E-state index is 12.8. The van der Waals surface area contributed by atoms with Gasteiger partial charge in [0.2, 0.25) is 11.8 Å². The summed E-state index contributed by atoms with van der Waals surface area (Å²) in [5, 5.41) is 0. The van der Waals surface area contributed by atoms with Gasteiger partial charge in [0.15, 0.2) is 0 Å². The van der Waals surface area contributed by atoms with Gasteiger partial charge in [-0.2, -0.15) is 0 Å². The van der Waals surface area contributed by atoms with E-state index < -0.39 is 0 Å². The van der Waals surface area contributed by atoms with Gasteiger partial charge in [-0.25, -0.2) is 0 Å². The molecular weight excluding hydrogens is 292 g/mol. The zero-order valence-corrected chi connectivity index (χ0v) is 13.7. The Hall–Kier alpha value is -1.88. The second kappa shape index (κ2) is 7.13. The minimum Gasteiger partial charge on any atom is -0.383 e. The van der Waals surface area contributed by atoms with Crippen molar-refractivity contribution in [2.24, 2.45) is 5.92 Å². The third kappa shape index (κ3) is 3.55. The molecule has 0 aromatic heterocycles. The molecule has 1 atom stereocenters. The lowest BCUT2D eigenvalue weighted by Crippen LogP contribution is -2.37. The predicted octanol–water partition coefficient (Wildman–Crippen LogP) is 1.46. The van der Waals surface area contributed by atoms with E-state index in [0.717, 1.165) is 19.4 Å². The van der Waals surface area contributed by atoms with E-state index in [9.17, 15) is 9.59 Å². The van der Waals surface area contributed by atoms with Crippen LogP contribution in [-0.2, 0) is 27.3 Å². The SMILES string of the molecule is COCCN1CC(C(=O)N2CCCc3ccccc3C2)CC1=O. The highest BCUT2D eigenvalue weighted by Gasteiger charge is 2.36. The first kappa shape index (κ1) is 16.0. The Morgan fingerprint density at radius 1 is 1.30 bits per heavy atom. The van der Waals surface area contributed by atoms with Gasteiger partial charge in [-0.1, -0.05) is 24.3 Å². The van der Waals surface area contributed by atoms with Crippen molar-refractivity contribution in [3.63, 3.8) is 0 Å². The van der Waals surface area contributed by atoms with E-state index in [1.54, 1.807) is 12.0 Å². The Bertz CT molecular complexity index is 587. The van der Waals surface area contributed by atoms with E-state index in [1.807, 2.05) is 11.0 Å². The Morgan fingerprint density at radius 3 is 2.87 bits per heavy atom. The second-order valence-corrected chi connectivity index (χ2v) is 6.37. The van der Waals surface area contributed by atoms with Gasteiger partial charge in [0.05, 0.1) is 12.5 Å². The molecule has 2 aliphatic rings. The minimum atomic E-state index is -0.204. The van der Waals surface area contributed by atoms with E-state index in [4.69, 9.17) is 4.74 Å². The summed E-state index contributed by atoms with van der Waals surface area (Å²) in [6.45, 7) is 3.05. The van der Waals surface area contributed by atoms with Crippen LogP contribution in [0.5, 0.6) is 0 Å². The molecule has 3 rings (SSSR count). The van der Waals surface area contributed by atoms with Gasteiger partial charge in [-0.3, -0.25) is 9.59 Å². The van der Waals surface area contributed by atoms with Crippen LogP contribution in [0.1, 0.15) is 24.0 Å². The van der Waals surface area contributed by atoms with Crippen LogP contribution in [0.2, 0.25) is 0 Å². The number of methoxy groups -OCH3 is 1. The number of fused-ring (bicyclic) bond motifs is 1. The molecular formula is C18H24N2O3. The number of rotatable bonds is 4. The van der Waals surface area contributed by atoms with Crippen molar-refractivity contribution >= 4 is 11.8 Å². The number of hydrogen-bond acceptors (Lipinski definition) is 3. The zero-order valence-electron chi connectivity index (χ0n) is 13.7. The molecule has 0 spiro atoms. The number of likely N-dealkylation sites (tertiary alicyclic amines) is 1. The number of hydrogen-bond donors (Lipinski definition) is 0. The molecule has 0 N–H and O–H groups in total. The topological polar surface area (TPSA) is 49.9 Å². The predicted molar refractivity (Wildman–Crippen MR) is 86.7 cm³/mol. The Balaban J connectivity index is 1.65. The molecule has 1 aromatic rings. The van der Waals surface area contributed by atoms with Gasteiger partial charge in [-0.05, 0) is 24.0 Å². The molecule has 0 saturated carbocycles. The van der Waals surface area contributed by atoms with E-state index in [2.05, 4.69) is 18.2 Å². The van der Waals surface area contributed by atoms with Crippen molar-refractivity contribution < 1.29 is 14.3 Å². The van der Waals surface area contributed by atoms with Crippen molar-refractivity contribution in [1.82, 2.24) is 9.80 Å². The first-order valence-electron chi connectivity index (χ1n) is 8.31. The normalized spacial score (nSPS) is 21.3. The first-order valence-corrected chi connectivity index (χ1v) is 8.31. The third-order valence-corrected chi connectivity index (χ3v) is 4.79. The molecule has 124 valence electrons. The Morgan fingerprint density at radius 2 is 2.09 bits per heavy atom. The fourth-order valence-electron chi connectivity index (χ4n) is 3.50. The third-order valence-electron chi connectivity index (χ3n) is 4.79. The number of ether oxygens (including phenoxy) is 1. The number of benzene rings is 1. The molecule has 0 radical (unpaired) electrons. The van der Waals surface area contributed by atoms with Gasteiger partial charge >= 0.3 is 0 Å². The van der Waals surface area contributed by atoms with E-state index >= 15 is 0 Å². The van der Waals surface area contributed by atoms with Crippen molar-refractivity contribution in [3.05, 3.63) is 35.4 Å². The average molecular weight is 316 g/mol. The standard InChI is InChI=1S/C18H24N2O3/c1-23-10-9-19-13-16(11-17(19)21)18(22)20-8-4-7-14-5-2-3-6-15(14)12-20/h2-3,5-6,16H,4,7-13H2,1H3. The van der Waals surface area contributed by atoms with Crippen molar-refractivity contribution in [1.29, 1.82) is 0 Å². The molecule has 2 aliphatic heterocycles. The van der Waals surface area contributed by atoms with E-state index in [-0.39, 0.29) is 17.7 Å².